The minimum absolute atomic E-state index is 0.885. The molecule has 28 heavy (non-hydrogen) atoms. The summed E-state index contributed by atoms with van der Waals surface area (Å²) >= 11 is 0. The van der Waals surface area contributed by atoms with Gasteiger partial charge in [-0.15, -0.1) is 0 Å². The molecular formula is C21H27N7. The van der Waals surface area contributed by atoms with Crippen molar-refractivity contribution in [3.05, 3.63) is 66.3 Å². The van der Waals surface area contributed by atoms with Crippen molar-refractivity contribution in [2.45, 2.75) is 12.2 Å². The van der Waals surface area contributed by atoms with E-state index in [0.717, 1.165) is 61.8 Å². The van der Waals surface area contributed by atoms with E-state index in [2.05, 4.69) is 43.0 Å². The van der Waals surface area contributed by atoms with Gasteiger partial charge in [0.25, 0.3) is 0 Å². The summed E-state index contributed by atoms with van der Waals surface area (Å²) in [6.07, 6.45) is 8.35. The number of nitrogens with zero attached hydrogens (tertiary/aromatic N) is 3. The smallest absolute Gasteiger partial charge is 0.210 e. The average molecular weight is 377 g/mol. The number of aromatic nitrogens is 1. The number of hydrogen-bond acceptors (Lipinski definition) is 7. The maximum atomic E-state index is 6.60. The van der Waals surface area contributed by atoms with Gasteiger partial charge in [-0.3, -0.25) is 15.6 Å². The van der Waals surface area contributed by atoms with Crippen LogP contribution in [0.5, 0.6) is 0 Å². The monoisotopic (exact) mass is 377 g/mol. The molecule has 7 nitrogen and oxygen atoms in total. The quantitative estimate of drug-likeness (QED) is 0.542. The number of benzene rings is 1. The van der Waals surface area contributed by atoms with Gasteiger partial charge < -0.3 is 16.0 Å². The molecule has 0 radical (unpaired) electrons. The van der Waals surface area contributed by atoms with Gasteiger partial charge in [0.15, 0.2) is 0 Å². The highest BCUT2D eigenvalue weighted by molar-refractivity contribution is 5.74. The molecule has 0 amide bonds. The normalized spacial score (nSPS) is 22.0. The average Bonchev–Trinajstić information content (AvgIpc) is 3.26. The van der Waals surface area contributed by atoms with Crippen LogP contribution in [0.15, 0.2) is 65.7 Å². The van der Waals surface area contributed by atoms with E-state index in [4.69, 9.17) is 5.73 Å². The maximum absolute atomic E-state index is 6.60. The zero-order valence-electron chi connectivity index (χ0n) is 15.9. The highest BCUT2D eigenvalue weighted by Crippen LogP contribution is 2.26. The second-order valence-corrected chi connectivity index (χ2v) is 7.12. The van der Waals surface area contributed by atoms with Crippen LogP contribution >= 0.6 is 0 Å². The predicted octanol–water partition coefficient (Wildman–Crippen LogP) is 1.18. The number of rotatable bonds is 7. The van der Waals surface area contributed by atoms with E-state index in [0.29, 0.717) is 0 Å². The van der Waals surface area contributed by atoms with Crippen LogP contribution in [0.1, 0.15) is 12.0 Å². The molecule has 0 bridgehead atoms. The molecule has 1 unspecified atom stereocenters. The van der Waals surface area contributed by atoms with Gasteiger partial charge in [-0.25, -0.2) is 4.99 Å². The van der Waals surface area contributed by atoms with Crippen LogP contribution in [0.2, 0.25) is 0 Å². The molecule has 2 aromatic rings. The third-order valence-electron chi connectivity index (χ3n) is 5.07. The lowest BCUT2D eigenvalue weighted by molar-refractivity contribution is 0.325. The predicted molar refractivity (Wildman–Crippen MR) is 112 cm³/mol. The molecule has 1 fully saturated rings. The summed E-state index contributed by atoms with van der Waals surface area (Å²) in [7, 11) is 0. The van der Waals surface area contributed by atoms with Crippen LogP contribution in [-0.2, 0) is 5.79 Å². The molecule has 1 aromatic heterocycles. The van der Waals surface area contributed by atoms with Crippen LogP contribution in [0.25, 0.3) is 11.1 Å². The van der Waals surface area contributed by atoms with Crippen molar-refractivity contribution in [1.29, 1.82) is 0 Å². The van der Waals surface area contributed by atoms with E-state index in [1.165, 1.54) is 0 Å². The molecule has 0 aliphatic carbocycles. The van der Waals surface area contributed by atoms with Crippen LogP contribution in [0.3, 0.4) is 0 Å². The fraction of sp³-hybridized carbons (Fsp3) is 0.333. The Morgan fingerprint density at radius 3 is 2.89 bits per heavy atom. The third kappa shape index (κ3) is 4.39. The van der Waals surface area contributed by atoms with Crippen LogP contribution < -0.4 is 21.7 Å². The van der Waals surface area contributed by atoms with E-state index in [1.54, 1.807) is 18.6 Å². The zero-order chi connectivity index (χ0) is 19.2. The van der Waals surface area contributed by atoms with E-state index in [9.17, 15) is 0 Å². The van der Waals surface area contributed by atoms with Crippen molar-refractivity contribution in [2.24, 2.45) is 10.7 Å². The van der Waals surface area contributed by atoms with Gasteiger partial charge in [-0.2, -0.15) is 0 Å². The van der Waals surface area contributed by atoms with E-state index in [1.807, 2.05) is 30.3 Å². The Morgan fingerprint density at radius 1 is 1.18 bits per heavy atom. The largest absolute Gasteiger partial charge is 0.372 e. The summed E-state index contributed by atoms with van der Waals surface area (Å²) in [5, 5.41) is 10.1. The van der Waals surface area contributed by atoms with Crippen molar-refractivity contribution >= 4 is 6.21 Å². The van der Waals surface area contributed by atoms with Gasteiger partial charge in [-0.1, -0.05) is 18.2 Å². The third-order valence-corrected chi connectivity index (χ3v) is 5.07. The van der Waals surface area contributed by atoms with Crippen LogP contribution in [-0.4, -0.2) is 48.9 Å². The first-order valence-corrected chi connectivity index (χ1v) is 9.73. The summed E-state index contributed by atoms with van der Waals surface area (Å²) in [4.78, 5) is 11.0. The number of pyridine rings is 1. The lowest BCUT2D eigenvalue weighted by atomic mass is 10.0. The maximum Gasteiger partial charge on any atom is 0.210 e. The summed E-state index contributed by atoms with van der Waals surface area (Å²) in [6.45, 7) is 5.19. The highest BCUT2D eigenvalue weighted by Gasteiger charge is 2.28. The second-order valence-electron chi connectivity index (χ2n) is 7.12. The molecule has 0 spiro atoms. The molecule has 3 heterocycles. The number of aliphatic imine (C=N–C) groups is 1. The van der Waals surface area contributed by atoms with Crippen molar-refractivity contribution in [3.63, 3.8) is 0 Å². The molecule has 1 saturated heterocycles. The van der Waals surface area contributed by atoms with E-state index in [-0.39, 0.29) is 0 Å². The zero-order valence-corrected chi connectivity index (χ0v) is 15.9. The topological polar surface area (TPSA) is 90.6 Å². The minimum Gasteiger partial charge on any atom is -0.372 e. The standard InChI is InChI=1S/C21H27N7/c22-21(19-4-1-3-18(15-19)17-5-9-23-10-6-17)26-11-7-20(27-21)25-8-2-13-28-14-12-24-16-28/h1,3-7,9-11,15,24-25,27H,2,8,12-14,16,22H2. The van der Waals surface area contributed by atoms with Gasteiger partial charge in [0.1, 0.15) is 5.82 Å². The summed E-state index contributed by atoms with van der Waals surface area (Å²) in [5.74, 6) is -0.0923. The molecule has 5 N–H and O–H groups in total. The number of nitrogens with one attached hydrogen (secondary N) is 3. The second kappa shape index (κ2) is 8.52. The molecular weight excluding hydrogens is 350 g/mol. The fourth-order valence-corrected chi connectivity index (χ4v) is 3.51. The van der Waals surface area contributed by atoms with E-state index < -0.39 is 5.79 Å². The molecule has 7 heteroatoms. The Kier molecular flexibility index (Phi) is 5.66. The first kappa shape index (κ1) is 18.6. The first-order valence-electron chi connectivity index (χ1n) is 9.73. The lowest BCUT2D eigenvalue weighted by Gasteiger charge is -2.32. The van der Waals surface area contributed by atoms with Crippen LogP contribution in [0, 0.1) is 0 Å². The summed E-state index contributed by atoms with van der Waals surface area (Å²) in [6, 6.07) is 12.1. The Balaban J connectivity index is 1.38. The van der Waals surface area contributed by atoms with Crippen molar-refractivity contribution in [3.8, 4) is 11.1 Å². The van der Waals surface area contributed by atoms with Gasteiger partial charge in [0.2, 0.25) is 5.79 Å². The number of hydrogen-bond donors (Lipinski definition) is 4. The number of nitrogens with two attached hydrogens (primary N) is 1. The summed E-state index contributed by atoms with van der Waals surface area (Å²) < 4.78 is 0. The van der Waals surface area contributed by atoms with Gasteiger partial charge >= 0.3 is 0 Å². The molecule has 0 saturated carbocycles. The van der Waals surface area contributed by atoms with Gasteiger partial charge in [0, 0.05) is 57.0 Å². The van der Waals surface area contributed by atoms with E-state index >= 15 is 0 Å². The lowest BCUT2D eigenvalue weighted by Crippen LogP contribution is -2.52. The Hall–Kier alpha value is -2.74. The molecule has 2 aliphatic rings. The SMILES string of the molecule is NC1(c2cccc(-c3ccncc3)c2)N=CC=C(NCCCN2CCNC2)N1. The molecule has 2 aliphatic heterocycles. The fourth-order valence-electron chi connectivity index (χ4n) is 3.51. The first-order chi connectivity index (χ1) is 13.7. The summed E-state index contributed by atoms with van der Waals surface area (Å²) in [5.41, 5.74) is 9.70. The van der Waals surface area contributed by atoms with Gasteiger partial charge in [0.05, 0.1) is 0 Å². The van der Waals surface area contributed by atoms with Crippen molar-refractivity contribution in [1.82, 2.24) is 25.8 Å². The minimum atomic E-state index is -0.987. The van der Waals surface area contributed by atoms with Crippen molar-refractivity contribution in [2.75, 3.05) is 32.8 Å². The molecule has 1 atom stereocenters. The highest BCUT2D eigenvalue weighted by atomic mass is 15.3. The van der Waals surface area contributed by atoms with Gasteiger partial charge in [-0.05, 0) is 41.8 Å². The molecule has 4 rings (SSSR count). The Bertz CT molecular complexity index is 843. The Morgan fingerprint density at radius 2 is 2.07 bits per heavy atom. The number of allylic oxidation sites excluding steroid dienone is 1. The molecule has 1 aromatic carbocycles. The van der Waals surface area contributed by atoms with Crippen LogP contribution in [0.4, 0.5) is 0 Å². The molecule has 146 valence electrons. The van der Waals surface area contributed by atoms with Crippen molar-refractivity contribution < 1.29 is 0 Å². The Labute approximate surface area is 165 Å².